The third-order valence-corrected chi connectivity index (χ3v) is 8.59. The van der Waals surface area contributed by atoms with Crippen molar-refractivity contribution in [1.29, 1.82) is 0 Å². The van der Waals surface area contributed by atoms with Gasteiger partial charge in [-0.1, -0.05) is 35.4 Å². The molecule has 0 spiro atoms. The van der Waals surface area contributed by atoms with Crippen molar-refractivity contribution in [2.45, 2.75) is 83.8 Å². The smallest absolute Gasteiger partial charge is 0.428 e. The Balaban J connectivity index is 1.40. The Hall–Kier alpha value is -4.17. The number of nitrogens with zero attached hydrogens (tertiary/aromatic N) is 1. The van der Waals surface area contributed by atoms with Crippen LogP contribution < -0.4 is 5.32 Å². The molecule has 0 radical (unpaired) electrons. The molecule has 2 aromatic carbocycles. The van der Waals surface area contributed by atoms with Crippen LogP contribution in [-0.4, -0.2) is 92.6 Å². The third-order valence-electron chi connectivity index (χ3n) is 8.59. The van der Waals surface area contributed by atoms with Gasteiger partial charge in [0.15, 0.2) is 5.78 Å². The average Bonchev–Trinajstić information content (AvgIpc) is 3.63. The van der Waals surface area contributed by atoms with Crippen LogP contribution >= 0.6 is 0 Å². The molecule has 2 N–H and O–H groups in total. The highest BCUT2D eigenvalue weighted by atomic mass is 16.8. The summed E-state index contributed by atoms with van der Waals surface area (Å²) in [6.45, 7) is 4.27. The molecule has 0 bridgehead atoms. The number of carbonyl (C=O) groups is 5. The van der Waals surface area contributed by atoms with Gasteiger partial charge in [-0.15, -0.1) is 0 Å². The number of hydroxylamine groups is 2. The van der Waals surface area contributed by atoms with Crippen LogP contribution in [0.15, 0.2) is 30.3 Å². The molecule has 0 aromatic heterocycles. The van der Waals surface area contributed by atoms with Gasteiger partial charge in [-0.25, -0.2) is 4.79 Å². The number of amides is 3. The molecule has 1 unspecified atom stereocenters. The Kier molecular flexibility index (Phi) is 15.4. The quantitative estimate of drug-likeness (QED) is 0.0668. The number of methoxy groups -OCH3 is 1. The van der Waals surface area contributed by atoms with Gasteiger partial charge >= 0.3 is 6.16 Å². The SMILES string of the molecule is COCCCOCCNC(=O)CCCc1ccc2c(c1)Cc1c(COC(=O)ON3C(=O)CCC3=O)ccc(C(=O)CCCOC(C)CCO)c1-2. The number of benzene rings is 2. The van der Waals surface area contributed by atoms with E-state index in [9.17, 15) is 24.0 Å². The first-order valence-corrected chi connectivity index (χ1v) is 17.3. The van der Waals surface area contributed by atoms with Crippen molar-refractivity contribution in [3.05, 3.63) is 58.1 Å². The van der Waals surface area contributed by atoms with E-state index in [1.165, 1.54) is 0 Å². The molecule has 50 heavy (non-hydrogen) atoms. The zero-order valence-electron chi connectivity index (χ0n) is 29.0. The summed E-state index contributed by atoms with van der Waals surface area (Å²) in [6, 6.07) is 9.59. The van der Waals surface area contributed by atoms with Gasteiger partial charge in [0.2, 0.25) is 5.91 Å². The lowest BCUT2D eigenvalue weighted by molar-refractivity contribution is -0.177. The number of hydrogen-bond donors (Lipinski definition) is 2. The molecular weight excluding hydrogens is 648 g/mol. The number of aliphatic hydroxyl groups excluding tert-OH is 1. The molecule has 2 aromatic rings. The number of fused-ring (bicyclic) bond motifs is 3. The number of ether oxygens (including phenoxy) is 4. The molecule has 1 aliphatic carbocycles. The number of aryl methyl sites for hydroxylation is 1. The van der Waals surface area contributed by atoms with E-state index in [0.717, 1.165) is 34.2 Å². The van der Waals surface area contributed by atoms with Crippen LogP contribution in [0.4, 0.5) is 4.79 Å². The summed E-state index contributed by atoms with van der Waals surface area (Å²) in [4.78, 5) is 66.8. The maximum Gasteiger partial charge on any atom is 0.534 e. The lowest BCUT2D eigenvalue weighted by Crippen LogP contribution is -2.32. The number of nitrogens with one attached hydrogen (secondary N) is 1. The van der Waals surface area contributed by atoms with E-state index < -0.39 is 18.0 Å². The molecule has 272 valence electrons. The Morgan fingerprint density at radius 3 is 2.52 bits per heavy atom. The lowest BCUT2D eigenvalue weighted by Gasteiger charge is -2.15. The maximum atomic E-state index is 13.5. The van der Waals surface area contributed by atoms with Crippen molar-refractivity contribution in [1.82, 2.24) is 10.4 Å². The fraction of sp³-hybridized carbons (Fsp3) is 0.541. The summed E-state index contributed by atoms with van der Waals surface area (Å²) in [5.41, 5.74) is 5.87. The fourth-order valence-corrected chi connectivity index (χ4v) is 5.98. The van der Waals surface area contributed by atoms with Crippen LogP contribution in [0.2, 0.25) is 0 Å². The summed E-state index contributed by atoms with van der Waals surface area (Å²) in [6.07, 6.45) is 3.06. The predicted molar refractivity (Wildman–Crippen MR) is 181 cm³/mol. The summed E-state index contributed by atoms with van der Waals surface area (Å²) in [5.74, 6) is -1.28. The van der Waals surface area contributed by atoms with E-state index in [1.54, 1.807) is 19.2 Å². The van der Waals surface area contributed by atoms with Gasteiger partial charge in [0.1, 0.15) is 6.61 Å². The van der Waals surface area contributed by atoms with Gasteiger partial charge in [0, 0.05) is 71.3 Å². The van der Waals surface area contributed by atoms with Crippen LogP contribution in [0.5, 0.6) is 0 Å². The van der Waals surface area contributed by atoms with Gasteiger partial charge in [0.05, 0.1) is 12.7 Å². The fourth-order valence-electron chi connectivity index (χ4n) is 5.98. The van der Waals surface area contributed by atoms with Crippen LogP contribution in [0, 0.1) is 0 Å². The summed E-state index contributed by atoms with van der Waals surface area (Å²) < 4.78 is 21.5. The molecule has 2 aliphatic rings. The molecular formula is C37H48N2O11. The zero-order chi connectivity index (χ0) is 35.9. The minimum absolute atomic E-state index is 0.0260. The molecule has 1 saturated heterocycles. The Morgan fingerprint density at radius 2 is 1.76 bits per heavy atom. The van der Waals surface area contributed by atoms with Crippen molar-refractivity contribution < 1.29 is 52.9 Å². The van der Waals surface area contributed by atoms with Crippen LogP contribution in [0.3, 0.4) is 0 Å². The maximum absolute atomic E-state index is 13.5. The van der Waals surface area contributed by atoms with E-state index in [2.05, 4.69) is 11.4 Å². The average molecular weight is 697 g/mol. The molecule has 13 heteroatoms. The van der Waals surface area contributed by atoms with Crippen LogP contribution in [0.1, 0.15) is 90.9 Å². The van der Waals surface area contributed by atoms with Gasteiger partial charge in [-0.05, 0) is 78.8 Å². The number of aliphatic hydroxyl groups is 1. The predicted octanol–water partition coefficient (Wildman–Crippen LogP) is 4.22. The van der Waals surface area contributed by atoms with Crippen molar-refractivity contribution in [3.8, 4) is 11.1 Å². The summed E-state index contributed by atoms with van der Waals surface area (Å²) in [5, 5.41) is 12.4. The van der Waals surface area contributed by atoms with Crippen molar-refractivity contribution in [2.75, 3.05) is 46.7 Å². The van der Waals surface area contributed by atoms with E-state index in [4.69, 9.17) is 28.9 Å². The second kappa shape index (κ2) is 19.9. The molecule has 0 saturated carbocycles. The highest BCUT2D eigenvalue weighted by Crippen LogP contribution is 2.42. The highest BCUT2D eigenvalue weighted by Gasteiger charge is 2.34. The number of imide groups is 1. The van der Waals surface area contributed by atoms with Gasteiger partial charge < -0.3 is 29.4 Å². The standard InChI is InChI=1S/C37H48N2O11/c1-25(15-17-40)48-20-4-7-32(41)30-12-10-27(24-49-37(45)50-39-34(43)13-14-35(39)44)31-23-28-22-26(9-11-29(28)36(30)31)6-3-8-33(42)38-16-21-47-19-5-18-46-2/h9-12,22,25,40H,3-8,13-21,23-24H2,1-2H3,(H,38,42). The molecule has 1 heterocycles. The molecule has 1 atom stereocenters. The minimum atomic E-state index is -1.17. The normalized spacial score (nSPS) is 14.0. The van der Waals surface area contributed by atoms with Crippen molar-refractivity contribution in [2.24, 2.45) is 0 Å². The molecule has 1 fully saturated rings. The summed E-state index contributed by atoms with van der Waals surface area (Å²) >= 11 is 0. The number of hydrogen-bond acceptors (Lipinski definition) is 11. The summed E-state index contributed by atoms with van der Waals surface area (Å²) in [7, 11) is 1.65. The number of Topliss-reactive ketones (excluding diaryl/α,β-unsaturated/α-hetero) is 1. The van der Waals surface area contributed by atoms with Crippen LogP contribution in [-0.2, 0) is 57.6 Å². The first-order chi connectivity index (χ1) is 24.2. The Morgan fingerprint density at radius 1 is 0.960 bits per heavy atom. The second-order valence-corrected chi connectivity index (χ2v) is 12.4. The highest BCUT2D eigenvalue weighted by molar-refractivity contribution is 6.05. The van der Waals surface area contributed by atoms with Gasteiger partial charge in [-0.2, -0.15) is 0 Å². The molecule has 1 aliphatic heterocycles. The molecule has 4 rings (SSSR count). The van der Waals surface area contributed by atoms with Gasteiger partial charge in [0.25, 0.3) is 11.8 Å². The number of carbonyl (C=O) groups excluding carboxylic acids is 5. The Labute approximate surface area is 292 Å². The van der Waals surface area contributed by atoms with E-state index in [-0.39, 0.29) is 50.3 Å². The van der Waals surface area contributed by atoms with Crippen molar-refractivity contribution in [3.63, 3.8) is 0 Å². The zero-order valence-corrected chi connectivity index (χ0v) is 29.0. The molecule has 13 nitrogen and oxygen atoms in total. The third kappa shape index (κ3) is 11.2. The lowest BCUT2D eigenvalue weighted by atomic mass is 9.92. The van der Waals surface area contributed by atoms with Crippen molar-refractivity contribution >= 4 is 29.7 Å². The second-order valence-electron chi connectivity index (χ2n) is 12.4. The number of rotatable bonds is 22. The minimum Gasteiger partial charge on any atom is -0.428 e. The first kappa shape index (κ1) is 38.6. The number of ketones is 1. The monoisotopic (exact) mass is 696 g/mol. The topological polar surface area (TPSA) is 167 Å². The first-order valence-electron chi connectivity index (χ1n) is 17.3. The Bertz CT molecular complexity index is 1490. The largest absolute Gasteiger partial charge is 0.534 e. The van der Waals surface area contributed by atoms with E-state index in [1.807, 2.05) is 19.1 Å². The van der Waals surface area contributed by atoms with Gasteiger partial charge in [-0.3, -0.25) is 24.0 Å². The van der Waals surface area contributed by atoms with Crippen LogP contribution in [0.25, 0.3) is 11.1 Å². The van der Waals surface area contributed by atoms with E-state index >= 15 is 0 Å². The molecule has 3 amide bonds. The van der Waals surface area contributed by atoms with E-state index in [0.29, 0.717) is 87.7 Å².